The van der Waals surface area contributed by atoms with Crippen LogP contribution in [0.2, 0.25) is 5.04 Å². The number of carbonyl (C=O) groups is 1. The number of nitrogens with zero attached hydrogens (tertiary/aromatic N) is 1. The fraction of sp³-hybridized carbons (Fsp3) is 0.296. The summed E-state index contributed by atoms with van der Waals surface area (Å²) < 4.78 is 22.4. The first-order valence-corrected chi connectivity index (χ1v) is 13.6. The SMILES string of the molecule is CC(C)(C)[Si](OCCOCCOC(=O)Oc1ccc([N+](=O)[O-])cc1)(c1ccccc1)c1ccccc1. The zero-order valence-electron chi connectivity index (χ0n) is 20.7. The number of carbonyl (C=O) groups excluding carboxylic acids is 1. The standard InChI is InChI=1S/C27H31NO7Si/c1-27(2,3)36(24-10-6-4-7-11-24,25-12-8-5-9-13-25)34-21-19-32-18-20-33-26(29)35-23-16-14-22(15-17-23)28(30)31/h4-17H,18-21H2,1-3H3. The number of hydrogen-bond donors (Lipinski definition) is 0. The van der Waals surface area contributed by atoms with Crippen LogP contribution in [0.1, 0.15) is 20.8 Å². The highest BCUT2D eigenvalue weighted by atomic mass is 28.4. The number of benzene rings is 3. The molecule has 36 heavy (non-hydrogen) atoms. The van der Waals surface area contributed by atoms with Crippen LogP contribution >= 0.6 is 0 Å². The van der Waals surface area contributed by atoms with Gasteiger partial charge in [-0.1, -0.05) is 81.4 Å². The van der Waals surface area contributed by atoms with Gasteiger partial charge in [0.15, 0.2) is 0 Å². The molecule has 0 radical (unpaired) electrons. The van der Waals surface area contributed by atoms with Crippen LogP contribution in [0.25, 0.3) is 0 Å². The third-order valence-electron chi connectivity index (χ3n) is 5.66. The molecule has 3 aromatic carbocycles. The van der Waals surface area contributed by atoms with E-state index in [0.29, 0.717) is 13.2 Å². The second kappa shape index (κ2) is 12.4. The van der Waals surface area contributed by atoms with Gasteiger partial charge in [-0.3, -0.25) is 10.1 Å². The van der Waals surface area contributed by atoms with Crippen LogP contribution in [0.3, 0.4) is 0 Å². The van der Waals surface area contributed by atoms with E-state index in [4.69, 9.17) is 18.6 Å². The third kappa shape index (κ3) is 6.78. The number of hydrogen-bond acceptors (Lipinski definition) is 7. The van der Waals surface area contributed by atoms with E-state index < -0.39 is 19.4 Å². The van der Waals surface area contributed by atoms with Crippen molar-refractivity contribution in [2.24, 2.45) is 0 Å². The minimum atomic E-state index is -2.62. The molecule has 0 saturated carbocycles. The minimum absolute atomic E-state index is 0.00499. The Morgan fingerprint density at radius 1 is 0.806 bits per heavy atom. The molecule has 0 saturated heterocycles. The van der Waals surface area contributed by atoms with Gasteiger partial charge in [0, 0.05) is 12.1 Å². The molecule has 0 heterocycles. The van der Waals surface area contributed by atoms with E-state index in [9.17, 15) is 14.9 Å². The van der Waals surface area contributed by atoms with Gasteiger partial charge in [-0.15, -0.1) is 0 Å². The molecule has 0 aliphatic heterocycles. The van der Waals surface area contributed by atoms with Gasteiger partial charge in [-0.05, 0) is 27.5 Å². The molecule has 0 fully saturated rings. The van der Waals surface area contributed by atoms with E-state index in [2.05, 4.69) is 45.0 Å². The summed E-state index contributed by atoms with van der Waals surface area (Å²) in [4.78, 5) is 22.0. The Balaban J connectivity index is 1.51. The summed E-state index contributed by atoms with van der Waals surface area (Å²) in [5.74, 6) is 0.158. The number of nitro benzene ring substituents is 1. The largest absolute Gasteiger partial charge is 0.513 e. The predicted molar refractivity (Wildman–Crippen MR) is 139 cm³/mol. The van der Waals surface area contributed by atoms with E-state index in [1.165, 1.54) is 34.6 Å². The number of nitro groups is 1. The van der Waals surface area contributed by atoms with Crippen molar-refractivity contribution < 1.29 is 28.4 Å². The summed E-state index contributed by atoms with van der Waals surface area (Å²) >= 11 is 0. The van der Waals surface area contributed by atoms with Crippen LogP contribution in [-0.4, -0.2) is 45.8 Å². The zero-order chi connectivity index (χ0) is 26.0. The van der Waals surface area contributed by atoms with Crippen LogP contribution in [0, 0.1) is 10.1 Å². The zero-order valence-corrected chi connectivity index (χ0v) is 21.7. The summed E-state index contributed by atoms with van der Waals surface area (Å²) in [5, 5.41) is 13.0. The Morgan fingerprint density at radius 3 is 1.83 bits per heavy atom. The van der Waals surface area contributed by atoms with Crippen molar-refractivity contribution in [1.29, 1.82) is 0 Å². The van der Waals surface area contributed by atoms with Crippen molar-refractivity contribution in [3.05, 3.63) is 95.0 Å². The van der Waals surface area contributed by atoms with Crippen molar-refractivity contribution >= 4 is 30.5 Å². The van der Waals surface area contributed by atoms with Crippen molar-refractivity contribution in [3.8, 4) is 5.75 Å². The Bertz CT molecular complexity index is 1080. The molecule has 8 nitrogen and oxygen atoms in total. The van der Waals surface area contributed by atoms with Crippen LogP contribution in [-0.2, 0) is 13.9 Å². The van der Waals surface area contributed by atoms with Crippen molar-refractivity contribution in [3.63, 3.8) is 0 Å². The van der Waals surface area contributed by atoms with Gasteiger partial charge in [-0.2, -0.15) is 0 Å². The van der Waals surface area contributed by atoms with Crippen LogP contribution in [0.15, 0.2) is 84.9 Å². The molecule has 3 rings (SSSR count). The average Bonchev–Trinajstić information content (AvgIpc) is 2.86. The van der Waals surface area contributed by atoms with Crippen LogP contribution in [0.5, 0.6) is 5.75 Å². The molecule has 0 unspecified atom stereocenters. The van der Waals surface area contributed by atoms with Crippen LogP contribution in [0.4, 0.5) is 10.5 Å². The fourth-order valence-corrected chi connectivity index (χ4v) is 8.61. The van der Waals surface area contributed by atoms with Gasteiger partial charge in [0.1, 0.15) is 12.4 Å². The monoisotopic (exact) mass is 509 g/mol. The highest BCUT2D eigenvalue weighted by molar-refractivity contribution is 6.99. The van der Waals surface area contributed by atoms with Gasteiger partial charge in [0.25, 0.3) is 14.0 Å². The lowest BCUT2D eigenvalue weighted by atomic mass is 10.2. The van der Waals surface area contributed by atoms with E-state index in [1.807, 2.05) is 36.4 Å². The number of non-ortho nitro benzene ring substituents is 1. The van der Waals surface area contributed by atoms with Crippen molar-refractivity contribution in [2.45, 2.75) is 25.8 Å². The predicted octanol–water partition coefficient (Wildman–Crippen LogP) is 4.70. The highest BCUT2D eigenvalue weighted by Gasteiger charge is 2.49. The normalized spacial score (nSPS) is 11.6. The second-order valence-corrected chi connectivity index (χ2v) is 13.4. The molecule has 190 valence electrons. The highest BCUT2D eigenvalue weighted by Crippen LogP contribution is 2.36. The molecule has 0 bridgehead atoms. The number of ether oxygens (including phenoxy) is 3. The molecule has 0 aliphatic carbocycles. The first-order chi connectivity index (χ1) is 17.2. The summed E-state index contributed by atoms with van der Waals surface area (Å²) in [6.45, 7) is 7.55. The van der Waals surface area contributed by atoms with Gasteiger partial charge in [0.05, 0.1) is 24.7 Å². The second-order valence-electron chi connectivity index (χ2n) is 9.08. The Hall–Kier alpha value is -3.53. The van der Waals surface area contributed by atoms with E-state index in [-0.39, 0.29) is 29.7 Å². The lowest BCUT2D eigenvalue weighted by molar-refractivity contribution is -0.384. The third-order valence-corrected chi connectivity index (χ3v) is 10.7. The van der Waals surface area contributed by atoms with E-state index in [0.717, 1.165) is 0 Å². The molecule has 0 spiro atoms. The van der Waals surface area contributed by atoms with E-state index in [1.54, 1.807) is 0 Å². The van der Waals surface area contributed by atoms with Crippen molar-refractivity contribution in [1.82, 2.24) is 0 Å². The quantitative estimate of drug-likeness (QED) is 0.0923. The molecule has 0 aromatic heterocycles. The first kappa shape index (κ1) is 27.1. The van der Waals surface area contributed by atoms with Crippen molar-refractivity contribution in [2.75, 3.05) is 26.4 Å². The van der Waals surface area contributed by atoms with Gasteiger partial charge >= 0.3 is 6.16 Å². The van der Waals surface area contributed by atoms with Crippen LogP contribution < -0.4 is 15.1 Å². The molecule has 0 N–H and O–H groups in total. The maximum Gasteiger partial charge on any atom is 0.513 e. The molecule has 0 amide bonds. The summed E-state index contributed by atoms with van der Waals surface area (Å²) in [6.07, 6.45) is -0.906. The molecule has 0 aliphatic rings. The Kier molecular flexibility index (Phi) is 9.35. The maximum atomic E-state index is 11.8. The lowest BCUT2D eigenvalue weighted by Gasteiger charge is -2.43. The Labute approximate surface area is 212 Å². The van der Waals surface area contributed by atoms with Gasteiger partial charge < -0.3 is 18.6 Å². The molecule has 0 atom stereocenters. The lowest BCUT2D eigenvalue weighted by Crippen LogP contribution is -2.66. The summed E-state index contributed by atoms with van der Waals surface area (Å²) in [5.41, 5.74) is -0.0931. The average molecular weight is 510 g/mol. The first-order valence-electron chi connectivity index (χ1n) is 11.7. The Morgan fingerprint density at radius 2 is 1.33 bits per heavy atom. The summed E-state index contributed by atoms with van der Waals surface area (Å²) in [6, 6.07) is 25.9. The molecule has 9 heteroatoms. The smallest absolute Gasteiger partial charge is 0.432 e. The molecular formula is C27H31NO7Si. The molecule has 3 aromatic rings. The number of rotatable bonds is 11. The van der Waals surface area contributed by atoms with Gasteiger partial charge in [-0.25, -0.2) is 4.79 Å². The minimum Gasteiger partial charge on any atom is -0.432 e. The topological polar surface area (TPSA) is 97.1 Å². The maximum absolute atomic E-state index is 11.8. The molecular weight excluding hydrogens is 478 g/mol. The summed E-state index contributed by atoms with van der Waals surface area (Å²) in [7, 11) is -2.62. The van der Waals surface area contributed by atoms with Gasteiger partial charge in [0.2, 0.25) is 0 Å². The van der Waals surface area contributed by atoms with E-state index >= 15 is 0 Å². The fourth-order valence-electron chi connectivity index (χ4n) is 4.06.